The monoisotopic (exact) mass is 381 g/mol. The number of nitrogens with two attached hydrogens (primary N) is 1. The Morgan fingerprint density at radius 3 is 2.93 bits per heavy atom. The van der Waals surface area contributed by atoms with E-state index in [1.807, 2.05) is 24.3 Å². The minimum Gasteiger partial charge on any atom is -0.497 e. The third-order valence-corrected chi connectivity index (χ3v) is 5.26. The average Bonchev–Trinajstić information content (AvgIpc) is 3.07. The molecule has 0 saturated heterocycles. The van der Waals surface area contributed by atoms with Crippen LogP contribution < -0.4 is 10.5 Å². The zero-order valence-corrected chi connectivity index (χ0v) is 17.1. The molecule has 28 heavy (non-hydrogen) atoms. The molecule has 2 aromatic heterocycles. The minimum absolute atomic E-state index is 0.169. The molecule has 2 aromatic rings. The first-order chi connectivity index (χ1) is 13.5. The molecule has 3 rings (SSSR count). The topological polar surface area (TPSA) is 70.3 Å². The van der Waals surface area contributed by atoms with Crippen LogP contribution >= 0.6 is 0 Å². The molecule has 0 aliphatic heterocycles. The Kier molecular flexibility index (Phi) is 7.04. The molecule has 2 N–H and O–H groups in total. The normalized spacial score (nSPS) is 20.5. The van der Waals surface area contributed by atoms with E-state index in [1.54, 1.807) is 13.3 Å². The average molecular weight is 382 g/mol. The Labute approximate surface area is 168 Å². The van der Waals surface area contributed by atoms with Crippen LogP contribution in [-0.4, -0.2) is 29.3 Å². The summed E-state index contributed by atoms with van der Waals surface area (Å²) < 4.78 is 11.6. The van der Waals surface area contributed by atoms with Gasteiger partial charge in [0.15, 0.2) is 0 Å². The predicted octanol–water partition coefficient (Wildman–Crippen LogP) is 4.60. The van der Waals surface area contributed by atoms with Gasteiger partial charge in [-0.2, -0.15) is 0 Å². The highest BCUT2D eigenvalue weighted by molar-refractivity contribution is 5.46. The Bertz CT molecular complexity index is 786. The second kappa shape index (κ2) is 9.69. The summed E-state index contributed by atoms with van der Waals surface area (Å²) in [7, 11) is 1.66. The number of rotatable bonds is 8. The Balaban J connectivity index is 1.52. The number of nitrogens with zero attached hydrogens (tertiary/aromatic N) is 2. The maximum Gasteiger partial charge on any atom is 0.123 e. The lowest BCUT2D eigenvalue weighted by Crippen LogP contribution is -2.25. The summed E-state index contributed by atoms with van der Waals surface area (Å²) in [6.07, 6.45) is 11.7. The zero-order valence-electron chi connectivity index (χ0n) is 17.1. The fraction of sp³-hybridized carbons (Fsp3) is 0.478. The van der Waals surface area contributed by atoms with Crippen molar-refractivity contribution in [1.29, 1.82) is 0 Å². The van der Waals surface area contributed by atoms with Crippen molar-refractivity contribution in [2.75, 3.05) is 12.8 Å². The van der Waals surface area contributed by atoms with Gasteiger partial charge in [-0.25, -0.2) is 4.98 Å². The number of hydrogen-bond donors (Lipinski definition) is 1. The molecule has 5 nitrogen and oxygen atoms in total. The third-order valence-electron chi connectivity index (χ3n) is 5.26. The second-order valence-corrected chi connectivity index (χ2v) is 7.70. The number of aromatic nitrogens is 2. The van der Waals surface area contributed by atoms with Gasteiger partial charge in [0.2, 0.25) is 0 Å². The highest BCUT2D eigenvalue weighted by Gasteiger charge is 2.29. The molecular formula is C23H31N3O2. The molecule has 1 saturated carbocycles. The van der Waals surface area contributed by atoms with E-state index in [2.05, 4.69) is 36.0 Å². The zero-order chi connectivity index (χ0) is 19.9. The molecule has 1 aliphatic rings. The van der Waals surface area contributed by atoms with Gasteiger partial charge in [-0.15, -0.1) is 0 Å². The van der Waals surface area contributed by atoms with Crippen molar-refractivity contribution in [1.82, 2.24) is 9.97 Å². The first-order valence-electron chi connectivity index (χ1n) is 10.1. The van der Waals surface area contributed by atoms with E-state index in [9.17, 15) is 0 Å². The van der Waals surface area contributed by atoms with Gasteiger partial charge in [0, 0.05) is 18.0 Å². The molecule has 3 atom stereocenters. The van der Waals surface area contributed by atoms with E-state index < -0.39 is 0 Å². The molecule has 1 fully saturated rings. The Hall–Kier alpha value is -2.40. The van der Waals surface area contributed by atoms with E-state index in [0.717, 1.165) is 36.4 Å². The summed E-state index contributed by atoms with van der Waals surface area (Å²) >= 11 is 0. The molecule has 150 valence electrons. The van der Waals surface area contributed by atoms with Crippen LogP contribution in [0.5, 0.6) is 5.75 Å². The van der Waals surface area contributed by atoms with E-state index in [4.69, 9.17) is 15.2 Å². The van der Waals surface area contributed by atoms with E-state index in [1.165, 1.54) is 18.4 Å². The number of pyridine rings is 2. The van der Waals surface area contributed by atoms with Crippen molar-refractivity contribution in [2.24, 2.45) is 5.92 Å². The van der Waals surface area contributed by atoms with Crippen LogP contribution in [0.25, 0.3) is 6.08 Å². The second-order valence-electron chi connectivity index (χ2n) is 7.70. The number of anilines is 1. The van der Waals surface area contributed by atoms with Gasteiger partial charge in [-0.1, -0.05) is 12.5 Å². The van der Waals surface area contributed by atoms with E-state index in [-0.39, 0.29) is 6.10 Å². The number of ether oxygens (including phenoxy) is 2. The smallest absolute Gasteiger partial charge is 0.123 e. The van der Waals surface area contributed by atoms with Gasteiger partial charge >= 0.3 is 0 Å². The van der Waals surface area contributed by atoms with Crippen molar-refractivity contribution >= 4 is 11.9 Å². The maximum atomic E-state index is 6.38. The van der Waals surface area contributed by atoms with Crippen LogP contribution in [0.15, 0.2) is 36.5 Å². The van der Waals surface area contributed by atoms with Crippen molar-refractivity contribution in [2.45, 2.75) is 58.2 Å². The highest BCUT2D eigenvalue weighted by atomic mass is 16.5. The molecule has 0 spiro atoms. The van der Waals surface area contributed by atoms with Gasteiger partial charge in [-0.05, 0) is 75.3 Å². The molecule has 2 heterocycles. The number of aryl methyl sites for hydroxylation is 1. The van der Waals surface area contributed by atoms with Crippen LogP contribution in [-0.2, 0) is 11.2 Å². The maximum absolute atomic E-state index is 6.38. The van der Waals surface area contributed by atoms with Crippen LogP contribution in [0.1, 0.15) is 49.6 Å². The summed E-state index contributed by atoms with van der Waals surface area (Å²) in [4.78, 5) is 8.84. The summed E-state index contributed by atoms with van der Waals surface area (Å²) in [5.41, 5.74) is 9.05. The molecule has 5 heteroatoms. The number of hydrogen-bond acceptors (Lipinski definition) is 5. The minimum atomic E-state index is 0.169. The van der Waals surface area contributed by atoms with Crippen molar-refractivity contribution in [3.63, 3.8) is 0 Å². The summed E-state index contributed by atoms with van der Waals surface area (Å²) in [6, 6.07) is 7.83. The lowest BCUT2D eigenvalue weighted by molar-refractivity contribution is -0.0204. The largest absolute Gasteiger partial charge is 0.497 e. The third kappa shape index (κ3) is 5.80. The lowest BCUT2D eigenvalue weighted by atomic mass is 9.98. The fourth-order valence-corrected chi connectivity index (χ4v) is 3.94. The molecule has 0 radical (unpaired) electrons. The first-order valence-corrected chi connectivity index (χ1v) is 10.1. The quantitative estimate of drug-likeness (QED) is 0.724. The summed E-state index contributed by atoms with van der Waals surface area (Å²) in [5, 5.41) is 0. The van der Waals surface area contributed by atoms with Crippen LogP contribution in [0.3, 0.4) is 0 Å². The SMILES string of the molecule is COc1ccnc(/C=C/CC(C)O[C@H]2CCC[C@H]2Cc2cc(C)cc(N)n2)c1. The highest BCUT2D eigenvalue weighted by Crippen LogP contribution is 2.32. The Morgan fingerprint density at radius 2 is 2.14 bits per heavy atom. The van der Waals surface area contributed by atoms with Crippen LogP contribution in [0.4, 0.5) is 5.82 Å². The van der Waals surface area contributed by atoms with Crippen molar-refractivity contribution < 1.29 is 9.47 Å². The molecule has 0 aromatic carbocycles. The molecule has 0 bridgehead atoms. The molecule has 0 amide bonds. The molecule has 1 unspecified atom stereocenters. The first kappa shape index (κ1) is 20.3. The van der Waals surface area contributed by atoms with Crippen LogP contribution in [0, 0.1) is 12.8 Å². The van der Waals surface area contributed by atoms with E-state index >= 15 is 0 Å². The standard InChI is InChI=1S/C23H31N3O2/c1-16-12-20(26-23(24)13-16)14-18-7-5-9-22(18)28-17(2)6-4-8-19-15-21(27-3)10-11-25-19/h4,8,10-13,15,17-18,22H,5-7,9,14H2,1-3H3,(H2,24,26)/b8-4+/t17?,18-,22-/m0/s1. The van der Waals surface area contributed by atoms with Crippen molar-refractivity contribution in [3.8, 4) is 5.75 Å². The Morgan fingerprint density at radius 1 is 1.29 bits per heavy atom. The lowest BCUT2D eigenvalue weighted by Gasteiger charge is -2.24. The summed E-state index contributed by atoms with van der Waals surface area (Å²) in [5.74, 6) is 1.94. The van der Waals surface area contributed by atoms with Gasteiger partial charge in [0.1, 0.15) is 11.6 Å². The van der Waals surface area contributed by atoms with E-state index in [0.29, 0.717) is 17.8 Å². The predicted molar refractivity (Wildman–Crippen MR) is 113 cm³/mol. The van der Waals surface area contributed by atoms with Gasteiger partial charge < -0.3 is 15.2 Å². The fourth-order valence-electron chi connectivity index (χ4n) is 3.94. The summed E-state index contributed by atoms with van der Waals surface area (Å²) in [6.45, 7) is 4.21. The van der Waals surface area contributed by atoms with Gasteiger partial charge in [-0.3, -0.25) is 4.98 Å². The molecule has 1 aliphatic carbocycles. The van der Waals surface area contributed by atoms with Gasteiger partial charge in [0.05, 0.1) is 25.0 Å². The van der Waals surface area contributed by atoms with Gasteiger partial charge in [0.25, 0.3) is 0 Å². The molecular weight excluding hydrogens is 350 g/mol. The number of nitrogen functional groups attached to an aromatic ring is 1. The number of methoxy groups -OCH3 is 1. The van der Waals surface area contributed by atoms with Crippen molar-refractivity contribution in [3.05, 3.63) is 53.5 Å². The van der Waals surface area contributed by atoms with Crippen LogP contribution in [0.2, 0.25) is 0 Å².